The van der Waals surface area contributed by atoms with Crippen LogP contribution in [-0.2, 0) is 6.54 Å². The predicted octanol–water partition coefficient (Wildman–Crippen LogP) is 1.99. The van der Waals surface area contributed by atoms with Gasteiger partial charge in [0, 0.05) is 30.1 Å². The van der Waals surface area contributed by atoms with E-state index in [2.05, 4.69) is 34.2 Å². The van der Waals surface area contributed by atoms with Crippen LogP contribution < -0.4 is 5.73 Å². The van der Waals surface area contributed by atoms with Crippen LogP contribution in [0.25, 0.3) is 0 Å². The summed E-state index contributed by atoms with van der Waals surface area (Å²) in [6, 6.07) is 4.40. The van der Waals surface area contributed by atoms with Crippen molar-refractivity contribution in [1.29, 1.82) is 0 Å². The van der Waals surface area contributed by atoms with Gasteiger partial charge in [-0.1, -0.05) is 13.0 Å². The Bertz CT molecular complexity index is 398. The summed E-state index contributed by atoms with van der Waals surface area (Å²) in [4.78, 5) is 6.73. The van der Waals surface area contributed by atoms with Crippen molar-refractivity contribution in [1.82, 2.24) is 9.80 Å². The zero-order chi connectivity index (χ0) is 13.3. The van der Waals surface area contributed by atoms with Gasteiger partial charge in [0.25, 0.3) is 0 Å². The number of rotatable bonds is 5. The molecule has 4 heterocycles. The SMILES string of the molecule is CCN(Cc1cccs1)C1(CN)CN2CCC1CC2. The number of nitrogens with two attached hydrogens (primary N) is 1. The molecular weight excluding hydrogens is 254 g/mol. The molecule has 3 nitrogen and oxygen atoms in total. The van der Waals surface area contributed by atoms with Crippen molar-refractivity contribution >= 4 is 11.3 Å². The van der Waals surface area contributed by atoms with Crippen molar-refractivity contribution in [3.05, 3.63) is 22.4 Å². The molecule has 3 fully saturated rings. The highest BCUT2D eigenvalue weighted by Crippen LogP contribution is 2.40. The number of hydrogen-bond acceptors (Lipinski definition) is 4. The van der Waals surface area contributed by atoms with Crippen LogP contribution in [0.15, 0.2) is 17.5 Å². The highest BCUT2D eigenvalue weighted by Gasteiger charge is 2.48. The van der Waals surface area contributed by atoms with Crippen LogP contribution in [0.4, 0.5) is 0 Å². The molecule has 0 aromatic carbocycles. The molecule has 0 amide bonds. The first-order valence-corrected chi connectivity index (χ1v) is 8.36. The second kappa shape index (κ2) is 5.52. The van der Waals surface area contributed by atoms with E-state index in [9.17, 15) is 0 Å². The quantitative estimate of drug-likeness (QED) is 0.895. The number of likely N-dealkylation sites (N-methyl/N-ethyl adjacent to an activating group) is 1. The average molecular weight is 279 g/mol. The van der Waals surface area contributed by atoms with Gasteiger partial charge < -0.3 is 10.6 Å². The van der Waals surface area contributed by atoms with E-state index in [4.69, 9.17) is 5.73 Å². The fraction of sp³-hybridized carbons (Fsp3) is 0.733. The summed E-state index contributed by atoms with van der Waals surface area (Å²) in [5.74, 6) is 0.794. The Morgan fingerprint density at radius 2 is 2.26 bits per heavy atom. The lowest BCUT2D eigenvalue weighted by molar-refractivity contribution is -0.0688. The number of piperidine rings is 3. The highest BCUT2D eigenvalue weighted by molar-refractivity contribution is 7.09. The van der Waals surface area contributed by atoms with Gasteiger partial charge in [-0.05, 0) is 49.8 Å². The minimum atomic E-state index is 0.218. The molecule has 4 heteroatoms. The second-order valence-electron chi connectivity index (χ2n) is 5.95. The smallest absolute Gasteiger partial charge is 0.0491 e. The highest BCUT2D eigenvalue weighted by atomic mass is 32.1. The number of fused-ring (bicyclic) bond motifs is 3. The molecule has 0 aliphatic carbocycles. The molecule has 0 saturated carbocycles. The van der Waals surface area contributed by atoms with Gasteiger partial charge in [0.05, 0.1) is 0 Å². The maximum Gasteiger partial charge on any atom is 0.0491 e. The summed E-state index contributed by atoms with van der Waals surface area (Å²) in [5, 5.41) is 2.18. The van der Waals surface area contributed by atoms with Gasteiger partial charge >= 0.3 is 0 Å². The average Bonchev–Trinajstić information content (AvgIpc) is 2.98. The van der Waals surface area contributed by atoms with Crippen LogP contribution in [0.1, 0.15) is 24.6 Å². The van der Waals surface area contributed by atoms with Crippen LogP contribution >= 0.6 is 11.3 Å². The normalized spacial score (nSPS) is 34.1. The van der Waals surface area contributed by atoms with E-state index in [0.29, 0.717) is 0 Å². The minimum Gasteiger partial charge on any atom is -0.329 e. The molecule has 1 atom stereocenters. The molecule has 0 spiro atoms. The van der Waals surface area contributed by atoms with Crippen LogP contribution in [0, 0.1) is 5.92 Å². The zero-order valence-electron chi connectivity index (χ0n) is 11.8. The summed E-state index contributed by atoms with van der Waals surface area (Å²) in [7, 11) is 0. The van der Waals surface area contributed by atoms with Crippen molar-refractivity contribution in [3.63, 3.8) is 0 Å². The Hall–Kier alpha value is -0.420. The molecule has 3 aliphatic rings. The van der Waals surface area contributed by atoms with Crippen molar-refractivity contribution in [2.24, 2.45) is 11.7 Å². The van der Waals surface area contributed by atoms with Crippen molar-refractivity contribution in [3.8, 4) is 0 Å². The third-order valence-corrected chi connectivity index (χ3v) is 6.00. The lowest BCUT2D eigenvalue weighted by atomic mass is 9.71. The van der Waals surface area contributed by atoms with Gasteiger partial charge in [-0.3, -0.25) is 4.90 Å². The maximum absolute atomic E-state index is 6.27. The van der Waals surface area contributed by atoms with Gasteiger partial charge in [-0.15, -0.1) is 11.3 Å². The van der Waals surface area contributed by atoms with Crippen LogP contribution in [0.3, 0.4) is 0 Å². The van der Waals surface area contributed by atoms with Gasteiger partial charge in [-0.2, -0.15) is 0 Å². The fourth-order valence-corrected chi connectivity index (χ4v) is 4.76. The van der Waals surface area contributed by atoms with Gasteiger partial charge in [0.1, 0.15) is 0 Å². The number of nitrogens with zero attached hydrogens (tertiary/aromatic N) is 2. The molecule has 1 aromatic rings. The third kappa shape index (κ3) is 2.35. The van der Waals surface area contributed by atoms with E-state index in [1.165, 1.54) is 37.4 Å². The second-order valence-corrected chi connectivity index (χ2v) is 6.98. The summed E-state index contributed by atoms with van der Waals surface area (Å²) in [6.45, 7) is 8.98. The van der Waals surface area contributed by atoms with Crippen molar-refractivity contribution < 1.29 is 0 Å². The Morgan fingerprint density at radius 1 is 1.47 bits per heavy atom. The lowest BCUT2D eigenvalue weighted by Gasteiger charge is -2.57. The number of hydrogen-bond donors (Lipinski definition) is 1. The molecule has 106 valence electrons. The van der Waals surface area contributed by atoms with E-state index >= 15 is 0 Å². The predicted molar refractivity (Wildman–Crippen MR) is 81.4 cm³/mol. The Balaban J connectivity index is 1.82. The summed E-state index contributed by atoms with van der Waals surface area (Å²) < 4.78 is 0. The Kier molecular flexibility index (Phi) is 3.94. The topological polar surface area (TPSA) is 32.5 Å². The van der Waals surface area contributed by atoms with Crippen molar-refractivity contribution in [2.45, 2.75) is 31.8 Å². The largest absolute Gasteiger partial charge is 0.329 e. The molecule has 19 heavy (non-hydrogen) atoms. The van der Waals surface area contributed by atoms with E-state index in [-0.39, 0.29) is 5.54 Å². The molecule has 1 aromatic heterocycles. The summed E-state index contributed by atoms with van der Waals surface area (Å²) in [5.41, 5.74) is 6.48. The van der Waals surface area contributed by atoms with Gasteiger partial charge in [-0.25, -0.2) is 0 Å². The lowest BCUT2D eigenvalue weighted by Crippen LogP contribution is -2.69. The first-order chi connectivity index (χ1) is 9.28. The number of thiophene rings is 1. The molecule has 4 rings (SSSR count). The summed E-state index contributed by atoms with van der Waals surface area (Å²) in [6.07, 6.45) is 2.66. The maximum atomic E-state index is 6.27. The molecule has 2 N–H and O–H groups in total. The first-order valence-electron chi connectivity index (χ1n) is 7.48. The zero-order valence-corrected chi connectivity index (χ0v) is 12.7. The minimum absolute atomic E-state index is 0.218. The first kappa shape index (κ1) is 13.6. The molecule has 2 bridgehead atoms. The standard InChI is InChI=1S/C15H25N3S/c1-2-18(10-14-4-3-9-19-14)15(11-16)12-17-7-5-13(15)6-8-17/h3-4,9,13H,2,5-8,10-12,16H2,1H3. The summed E-state index contributed by atoms with van der Waals surface area (Å²) >= 11 is 1.86. The van der Waals surface area contributed by atoms with Crippen LogP contribution in [0.5, 0.6) is 0 Å². The van der Waals surface area contributed by atoms with Crippen molar-refractivity contribution in [2.75, 3.05) is 32.7 Å². The van der Waals surface area contributed by atoms with Crippen LogP contribution in [0.2, 0.25) is 0 Å². The van der Waals surface area contributed by atoms with E-state index in [0.717, 1.165) is 25.6 Å². The molecule has 3 aliphatic heterocycles. The molecule has 3 saturated heterocycles. The monoisotopic (exact) mass is 279 g/mol. The van der Waals surface area contributed by atoms with E-state index in [1.54, 1.807) is 0 Å². The molecule has 0 radical (unpaired) electrons. The van der Waals surface area contributed by atoms with E-state index < -0.39 is 0 Å². The van der Waals surface area contributed by atoms with Gasteiger partial charge in [0.15, 0.2) is 0 Å². The van der Waals surface area contributed by atoms with E-state index in [1.807, 2.05) is 11.3 Å². The third-order valence-electron chi connectivity index (χ3n) is 5.14. The Labute approximate surface area is 120 Å². The Morgan fingerprint density at radius 3 is 2.74 bits per heavy atom. The fourth-order valence-electron chi connectivity index (χ4n) is 4.04. The molecular formula is C15H25N3S. The molecule has 1 unspecified atom stereocenters. The van der Waals surface area contributed by atoms with Gasteiger partial charge in [0.2, 0.25) is 0 Å². The van der Waals surface area contributed by atoms with Crippen LogP contribution in [-0.4, -0.2) is 48.1 Å².